The lowest BCUT2D eigenvalue weighted by atomic mass is 9.97. The minimum absolute atomic E-state index is 0.471. The maximum absolute atomic E-state index is 2.38. The Balaban J connectivity index is 0.620. The highest BCUT2D eigenvalue weighted by Crippen LogP contribution is 2.45. The summed E-state index contributed by atoms with van der Waals surface area (Å²) < 4.78 is 0. The van der Waals surface area contributed by atoms with Crippen LogP contribution < -0.4 is 19.6 Å². The Morgan fingerprint density at radius 2 is 0.281 bits per heavy atom. The molecule has 0 N–H and O–H groups in total. The van der Waals surface area contributed by atoms with Crippen LogP contribution in [0.3, 0.4) is 0 Å². The largest absolute Gasteiger partial charge is 0.311 e. The van der Waals surface area contributed by atoms with Gasteiger partial charge >= 0.3 is 0 Å². The van der Waals surface area contributed by atoms with Gasteiger partial charge in [0, 0.05) is 68.2 Å². The van der Waals surface area contributed by atoms with Crippen LogP contribution >= 0.6 is 0 Å². The second kappa shape index (κ2) is 33.6. The third-order valence-corrected chi connectivity index (χ3v) is 22.5. The number of nitrogens with zero attached hydrogens (tertiary/aromatic N) is 4. The Labute approximate surface area is 672 Å². The van der Waals surface area contributed by atoms with E-state index in [0.717, 1.165) is 126 Å². The monoisotopic (exact) mass is 1470 g/mol. The summed E-state index contributed by atoms with van der Waals surface area (Å²) in [5, 5.41) is 0. The molecule has 0 amide bonds. The van der Waals surface area contributed by atoms with Crippen molar-refractivity contribution in [2.75, 3.05) is 19.6 Å². The molecule has 17 aromatic carbocycles. The molecule has 0 aromatic heterocycles. The molecule has 0 aliphatic heterocycles. The minimum Gasteiger partial charge on any atom is -0.311 e. The molecule has 17 rings (SSSR count). The predicted molar refractivity (Wildman–Crippen MR) is 486 cm³/mol. The molecule has 0 saturated heterocycles. The molecule has 550 valence electrons. The predicted octanol–water partition coefficient (Wildman–Crippen LogP) is 31.9. The third-order valence-electron chi connectivity index (χ3n) is 22.5. The van der Waals surface area contributed by atoms with Gasteiger partial charge in [0.05, 0.1) is 0 Å². The molecule has 2 unspecified atom stereocenters. The number of anilines is 12. The molecule has 2 atom stereocenters. The van der Waals surface area contributed by atoms with Crippen LogP contribution in [-0.2, 0) is 0 Å². The standard InChI is InChI=1S/C110H90N4/c1-5-79(3)81-30-54-99(55-31-81)111(105-66-42-91(43-67-105)93-46-70-107(71-47-93)113(101-58-34-87(35-59-101)83-20-11-7-12-21-83)102-60-36-88(37-61-102)84-22-13-8-14-23-84)109-74-50-95(51-75-109)97-28-19-29-98(78-97)96-52-76-110(77-53-96)112(100-56-32-82(33-57-100)80(4)6-2)106-68-44-92(45-69-106)94-48-72-108(73-49-94)114(103-62-38-89(39-63-103)85-24-15-9-16-25-85)104-64-40-90(41-65-104)86-26-17-10-18-27-86/h7-80H,5-6H2,1-4H3. The SMILES string of the molecule is CCC(C)c1ccc(N(c2ccc(-c3ccc(N(c4ccc(-c5ccccc5)cc4)c4ccc(-c5ccccc5)cc4)cc3)cc2)c2ccc(-c3cccc(-c4ccc(N(c5ccc(-c6ccc(N(c7ccc(-c8ccccc8)cc7)c7ccc(-c8ccccc8)cc7)cc6)cc5)c5ccc(C(C)CC)cc5)cc4)c3)cc2)cc1. The first-order chi connectivity index (χ1) is 56.2. The quantitative estimate of drug-likeness (QED) is 0.0598. The number of rotatable bonds is 24. The van der Waals surface area contributed by atoms with Crippen LogP contribution in [0.15, 0.2) is 437 Å². The summed E-state index contributed by atoms with van der Waals surface area (Å²) >= 11 is 0. The summed E-state index contributed by atoms with van der Waals surface area (Å²) in [6.45, 7) is 9.14. The van der Waals surface area contributed by atoms with Gasteiger partial charge in [0.25, 0.3) is 0 Å². The Kier molecular flexibility index (Phi) is 21.5. The maximum Gasteiger partial charge on any atom is 0.0462 e. The second-order valence-electron chi connectivity index (χ2n) is 29.7. The van der Waals surface area contributed by atoms with E-state index in [1.165, 1.54) is 55.6 Å². The minimum atomic E-state index is 0.471. The van der Waals surface area contributed by atoms with Gasteiger partial charge in [-0.25, -0.2) is 0 Å². The average Bonchev–Trinajstić information content (AvgIpc) is 0.805. The Bertz CT molecular complexity index is 5420. The van der Waals surface area contributed by atoms with Crippen LogP contribution in [0.2, 0.25) is 0 Å². The van der Waals surface area contributed by atoms with Crippen LogP contribution in [0, 0.1) is 0 Å². The highest BCUT2D eigenvalue weighted by atomic mass is 15.2. The fourth-order valence-electron chi connectivity index (χ4n) is 15.6. The lowest BCUT2D eigenvalue weighted by molar-refractivity contribution is 0.733. The van der Waals surface area contributed by atoms with Gasteiger partial charge in [0.15, 0.2) is 0 Å². The molecule has 0 aliphatic rings. The van der Waals surface area contributed by atoms with E-state index in [4.69, 9.17) is 0 Å². The molecule has 17 aromatic rings. The zero-order chi connectivity index (χ0) is 77.1. The lowest BCUT2D eigenvalue weighted by Gasteiger charge is -2.27. The molecule has 0 aliphatic carbocycles. The van der Waals surface area contributed by atoms with E-state index in [1.54, 1.807) is 0 Å². The van der Waals surface area contributed by atoms with E-state index in [-0.39, 0.29) is 0 Å². The number of benzene rings is 17. The van der Waals surface area contributed by atoms with Gasteiger partial charge < -0.3 is 19.6 Å². The van der Waals surface area contributed by atoms with Crippen LogP contribution in [0.25, 0.3) is 89.0 Å². The van der Waals surface area contributed by atoms with E-state index >= 15 is 0 Å². The first kappa shape index (κ1) is 72.8. The van der Waals surface area contributed by atoms with Crippen molar-refractivity contribution >= 4 is 68.2 Å². The van der Waals surface area contributed by atoms with Gasteiger partial charge in [-0.1, -0.05) is 313 Å². The molecule has 4 nitrogen and oxygen atoms in total. The number of hydrogen-bond donors (Lipinski definition) is 0. The summed E-state index contributed by atoms with van der Waals surface area (Å²) in [7, 11) is 0. The van der Waals surface area contributed by atoms with E-state index in [9.17, 15) is 0 Å². The van der Waals surface area contributed by atoms with Crippen molar-refractivity contribution in [3.05, 3.63) is 448 Å². The molecule has 0 radical (unpaired) electrons. The molecule has 0 heterocycles. The summed E-state index contributed by atoms with van der Waals surface area (Å²) in [6.07, 6.45) is 2.17. The molecule has 0 spiro atoms. The zero-order valence-corrected chi connectivity index (χ0v) is 64.9. The van der Waals surface area contributed by atoms with E-state index < -0.39 is 0 Å². The lowest BCUT2D eigenvalue weighted by Crippen LogP contribution is -2.10. The maximum atomic E-state index is 2.38. The molecule has 0 saturated carbocycles. The zero-order valence-electron chi connectivity index (χ0n) is 64.9. The first-order valence-corrected chi connectivity index (χ1v) is 40.0. The van der Waals surface area contributed by atoms with Gasteiger partial charge in [0.2, 0.25) is 0 Å². The van der Waals surface area contributed by atoms with Crippen molar-refractivity contribution in [1.82, 2.24) is 0 Å². The van der Waals surface area contributed by atoms with Crippen LogP contribution in [0.5, 0.6) is 0 Å². The van der Waals surface area contributed by atoms with Crippen LogP contribution in [-0.4, -0.2) is 0 Å². The number of hydrogen-bond acceptors (Lipinski definition) is 4. The summed E-state index contributed by atoms with van der Waals surface area (Å²) in [6, 6.07) is 159. The smallest absolute Gasteiger partial charge is 0.0462 e. The normalized spacial score (nSPS) is 11.7. The van der Waals surface area contributed by atoms with Gasteiger partial charge in [-0.05, 0) is 276 Å². The van der Waals surface area contributed by atoms with Crippen molar-refractivity contribution in [2.45, 2.75) is 52.4 Å². The first-order valence-electron chi connectivity index (χ1n) is 40.0. The topological polar surface area (TPSA) is 13.0 Å². The average molecular weight is 1470 g/mol. The Morgan fingerprint density at radius 3 is 0.439 bits per heavy atom. The van der Waals surface area contributed by atoms with Crippen molar-refractivity contribution in [1.29, 1.82) is 0 Å². The van der Waals surface area contributed by atoms with E-state index in [2.05, 4.69) is 484 Å². The van der Waals surface area contributed by atoms with E-state index in [0.29, 0.717) is 11.8 Å². The fraction of sp³-hybridized carbons (Fsp3) is 0.0727. The molecular weight excluding hydrogens is 1380 g/mol. The van der Waals surface area contributed by atoms with Gasteiger partial charge in [-0.15, -0.1) is 0 Å². The Morgan fingerprint density at radius 1 is 0.149 bits per heavy atom. The van der Waals surface area contributed by atoms with Gasteiger partial charge in [0.1, 0.15) is 0 Å². The third kappa shape index (κ3) is 16.0. The summed E-state index contributed by atoms with van der Waals surface area (Å²) in [4.78, 5) is 9.45. The summed E-state index contributed by atoms with van der Waals surface area (Å²) in [5.74, 6) is 0.941. The van der Waals surface area contributed by atoms with Crippen LogP contribution in [0.1, 0.15) is 63.5 Å². The van der Waals surface area contributed by atoms with Gasteiger partial charge in [-0.3, -0.25) is 0 Å². The highest BCUT2D eigenvalue weighted by Gasteiger charge is 2.21. The molecule has 0 bridgehead atoms. The summed E-state index contributed by atoms with van der Waals surface area (Å²) in [5.41, 5.74) is 34.5. The highest BCUT2D eigenvalue weighted by molar-refractivity contribution is 5.87. The second-order valence-corrected chi connectivity index (χ2v) is 29.7. The van der Waals surface area contributed by atoms with Crippen molar-refractivity contribution in [2.24, 2.45) is 0 Å². The molecule has 114 heavy (non-hydrogen) atoms. The van der Waals surface area contributed by atoms with Crippen molar-refractivity contribution in [3.63, 3.8) is 0 Å². The molecule has 0 fully saturated rings. The van der Waals surface area contributed by atoms with Crippen molar-refractivity contribution in [3.8, 4) is 89.0 Å². The van der Waals surface area contributed by atoms with Crippen molar-refractivity contribution < 1.29 is 0 Å². The molecular formula is C110H90N4. The van der Waals surface area contributed by atoms with Gasteiger partial charge in [-0.2, -0.15) is 0 Å². The fourth-order valence-corrected chi connectivity index (χ4v) is 15.6. The van der Waals surface area contributed by atoms with Crippen LogP contribution in [0.4, 0.5) is 68.2 Å². The Hall–Kier alpha value is -14.1. The molecule has 4 heteroatoms. The van der Waals surface area contributed by atoms with E-state index in [1.807, 2.05) is 0 Å².